The van der Waals surface area contributed by atoms with Crippen LogP contribution in [0.5, 0.6) is 0 Å². The third-order valence-corrected chi connectivity index (χ3v) is 1.75. The monoisotopic (exact) mass is 158 g/mol. The number of rotatable bonds is 2. The summed E-state index contributed by atoms with van der Waals surface area (Å²) in [5, 5.41) is 4.16. The number of morpholine rings is 1. The van der Waals surface area contributed by atoms with Crippen molar-refractivity contribution in [3.05, 3.63) is 4.91 Å². The predicted molar refractivity (Wildman–Crippen MR) is 39.5 cm³/mol. The Labute approximate surface area is 65.6 Å². The van der Waals surface area contributed by atoms with Crippen LogP contribution in [0.3, 0.4) is 0 Å². The quantitative estimate of drug-likeness (QED) is 0.429. The highest BCUT2D eigenvalue weighted by atomic mass is 16.5. The van der Waals surface area contributed by atoms with Crippen LogP contribution in [0.1, 0.15) is 13.8 Å². The van der Waals surface area contributed by atoms with Gasteiger partial charge in [-0.3, -0.25) is 0 Å². The van der Waals surface area contributed by atoms with Gasteiger partial charge in [0.2, 0.25) is 0 Å². The van der Waals surface area contributed by atoms with Gasteiger partial charge >= 0.3 is 0 Å². The normalized spacial score (nSPS) is 24.5. The molecule has 0 amide bonds. The average molecular weight is 158 g/mol. The van der Waals surface area contributed by atoms with E-state index in [1.54, 1.807) is 5.01 Å². The van der Waals surface area contributed by atoms with Crippen molar-refractivity contribution < 1.29 is 4.74 Å². The van der Waals surface area contributed by atoms with Crippen molar-refractivity contribution in [3.63, 3.8) is 0 Å². The van der Waals surface area contributed by atoms with Gasteiger partial charge in [0, 0.05) is 6.54 Å². The highest BCUT2D eigenvalue weighted by Crippen LogP contribution is 2.16. The number of ether oxygens (including phenoxy) is 1. The fraction of sp³-hybridized carbons (Fsp3) is 1.00. The summed E-state index contributed by atoms with van der Waals surface area (Å²) in [6.07, 6.45) is 0. The first-order chi connectivity index (χ1) is 5.17. The summed E-state index contributed by atoms with van der Waals surface area (Å²) < 4.78 is 5.22. The zero-order valence-corrected chi connectivity index (χ0v) is 6.78. The van der Waals surface area contributed by atoms with Gasteiger partial charge in [0.1, 0.15) is 0 Å². The minimum Gasteiger partial charge on any atom is -0.378 e. The van der Waals surface area contributed by atoms with E-state index in [2.05, 4.69) is 10.8 Å². The van der Waals surface area contributed by atoms with E-state index in [0.717, 1.165) is 0 Å². The molecule has 1 aliphatic rings. The zero-order chi connectivity index (χ0) is 8.32. The summed E-state index contributed by atoms with van der Waals surface area (Å²) in [7, 11) is 0. The second-order valence-corrected chi connectivity index (χ2v) is 3.16. The molecule has 0 bridgehead atoms. The second-order valence-electron chi connectivity index (χ2n) is 3.16. The molecule has 5 heteroatoms. The molecule has 0 N–H and O–H groups in total. The van der Waals surface area contributed by atoms with E-state index < -0.39 is 0 Å². The van der Waals surface area contributed by atoms with E-state index in [1.807, 2.05) is 13.8 Å². The van der Waals surface area contributed by atoms with Crippen molar-refractivity contribution in [3.8, 4) is 0 Å². The van der Waals surface area contributed by atoms with Crippen molar-refractivity contribution >= 4 is 0 Å². The molecule has 5 nitrogen and oxygen atoms in total. The van der Waals surface area contributed by atoms with Gasteiger partial charge in [-0.2, -0.15) is 5.01 Å². The maximum absolute atomic E-state index is 9.86. The smallest absolute Gasteiger partial charge is 0.0933 e. The van der Waals surface area contributed by atoms with Crippen LogP contribution in [0.2, 0.25) is 0 Å². The molecule has 63 valence electrons. The van der Waals surface area contributed by atoms with E-state index >= 15 is 0 Å². The van der Waals surface area contributed by atoms with E-state index in [0.29, 0.717) is 19.8 Å². The zero-order valence-electron chi connectivity index (χ0n) is 6.78. The van der Waals surface area contributed by atoms with Gasteiger partial charge in [-0.1, -0.05) is 5.53 Å². The molecular weight excluding hydrogens is 146 g/mol. The van der Waals surface area contributed by atoms with Crippen LogP contribution >= 0.6 is 0 Å². The van der Waals surface area contributed by atoms with Gasteiger partial charge in [-0.25, -0.2) is 0 Å². The molecule has 0 aromatic carbocycles. The molecule has 1 saturated heterocycles. The highest BCUT2D eigenvalue weighted by molar-refractivity contribution is 4.80. The standard InChI is InChI=1S/C6H12N3O2/c1-6(2)5-11-4-3-9(6)7-8-10/h3-5H2,1-2H3. The fourth-order valence-electron chi connectivity index (χ4n) is 1.06. The van der Waals surface area contributed by atoms with Gasteiger partial charge in [0.05, 0.1) is 24.0 Å². The lowest BCUT2D eigenvalue weighted by atomic mass is 10.1. The topological polar surface area (TPSA) is 56.0 Å². The maximum atomic E-state index is 9.86. The predicted octanol–water partition coefficient (Wildman–Crippen LogP) is 0.298. The van der Waals surface area contributed by atoms with Crippen molar-refractivity contribution in [2.24, 2.45) is 5.29 Å². The Morgan fingerprint density at radius 3 is 2.82 bits per heavy atom. The lowest BCUT2D eigenvalue weighted by Gasteiger charge is -2.37. The van der Waals surface area contributed by atoms with E-state index in [4.69, 9.17) is 4.74 Å². The van der Waals surface area contributed by atoms with Crippen LogP contribution in [0.15, 0.2) is 5.29 Å². The first kappa shape index (κ1) is 8.42. The van der Waals surface area contributed by atoms with Crippen LogP contribution in [0.25, 0.3) is 0 Å². The van der Waals surface area contributed by atoms with Crippen LogP contribution in [0.4, 0.5) is 0 Å². The van der Waals surface area contributed by atoms with Crippen LogP contribution in [-0.2, 0) is 4.74 Å². The molecule has 1 fully saturated rings. The lowest BCUT2D eigenvalue weighted by Crippen LogP contribution is -2.54. The molecular formula is C6H12N3O2. The number of hydrogen-bond donors (Lipinski definition) is 0. The molecule has 0 aliphatic carbocycles. The van der Waals surface area contributed by atoms with Crippen molar-refractivity contribution in [1.29, 1.82) is 0 Å². The molecule has 0 aromatic rings. The summed E-state index contributed by atoms with van der Waals surface area (Å²) in [4.78, 5) is 9.86. The Bertz CT molecular complexity index is 149. The molecule has 0 aromatic heterocycles. The largest absolute Gasteiger partial charge is 0.378 e. The van der Waals surface area contributed by atoms with Gasteiger partial charge in [-0.05, 0) is 13.8 Å². The van der Waals surface area contributed by atoms with Gasteiger partial charge < -0.3 is 4.74 Å². The Balaban J connectivity index is 2.52. The molecule has 0 unspecified atom stereocenters. The van der Waals surface area contributed by atoms with Gasteiger partial charge in [-0.15, -0.1) is 4.91 Å². The molecule has 0 saturated carbocycles. The molecule has 11 heavy (non-hydrogen) atoms. The molecule has 0 atom stereocenters. The SMILES string of the molecule is CC1(C)COCCN1[N]N=O. The summed E-state index contributed by atoms with van der Waals surface area (Å²) in [6, 6.07) is 0. The lowest BCUT2D eigenvalue weighted by molar-refractivity contribution is -0.0804. The molecule has 1 aliphatic heterocycles. The Hall–Kier alpha value is -0.680. The summed E-state index contributed by atoms with van der Waals surface area (Å²) in [5.74, 6) is 0. The maximum Gasteiger partial charge on any atom is 0.0933 e. The number of nitroso groups, excluding NO2 is 1. The molecule has 0 spiro atoms. The first-order valence-electron chi connectivity index (χ1n) is 3.55. The Morgan fingerprint density at radius 2 is 2.27 bits per heavy atom. The van der Waals surface area contributed by atoms with E-state index in [-0.39, 0.29) is 5.54 Å². The first-order valence-corrected chi connectivity index (χ1v) is 3.55. The molecule has 1 heterocycles. The van der Waals surface area contributed by atoms with E-state index in [1.165, 1.54) is 0 Å². The number of nitrogens with zero attached hydrogens (tertiary/aromatic N) is 3. The van der Waals surface area contributed by atoms with Gasteiger partial charge in [0.25, 0.3) is 0 Å². The minimum absolute atomic E-state index is 0.202. The van der Waals surface area contributed by atoms with Crippen LogP contribution < -0.4 is 5.53 Å². The third kappa shape index (κ3) is 1.87. The van der Waals surface area contributed by atoms with Gasteiger partial charge in [0.15, 0.2) is 0 Å². The molecule has 1 rings (SSSR count). The summed E-state index contributed by atoms with van der Waals surface area (Å²) in [5.41, 5.74) is 3.26. The Kier molecular flexibility index (Phi) is 2.41. The van der Waals surface area contributed by atoms with Crippen molar-refractivity contribution in [2.75, 3.05) is 19.8 Å². The second kappa shape index (κ2) is 3.15. The number of hydrogen-bond acceptors (Lipinski definition) is 4. The van der Waals surface area contributed by atoms with Crippen molar-refractivity contribution in [1.82, 2.24) is 10.5 Å². The van der Waals surface area contributed by atoms with Crippen molar-refractivity contribution in [2.45, 2.75) is 19.4 Å². The molecule has 1 radical (unpaired) electrons. The fourth-order valence-corrected chi connectivity index (χ4v) is 1.06. The Morgan fingerprint density at radius 1 is 1.55 bits per heavy atom. The van der Waals surface area contributed by atoms with Crippen LogP contribution in [0, 0.1) is 4.91 Å². The highest BCUT2D eigenvalue weighted by Gasteiger charge is 2.32. The summed E-state index contributed by atoms with van der Waals surface area (Å²) >= 11 is 0. The third-order valence-electron chi connectivity index (χ3n) is 1.75. The average Bonchev–Trinajstić information content (AvgIpc) is 1.94. The summed E-state index contributed by atoms with van der Waals surface area (Å²) in [6.45, 7) is 5.76. The van der Waals surface area contributed by atoms with E-state index in [9.17, 15) is 4.91 Å². The van der Waals surface area contributed by atoms with Crippen LogP contribution in [-0.4, -0.2) is 30.3 Å². The minimum atomic E-state index is -0.202.